The van der Waals surface area contributed by atoms with E-state index in [1.165, 1.54) is 25.0 Å². The number of benzene rings is 1. The molecule has 1 unspecified atom stereocenters. The Balaban J connectivity index is 1.97. The van der Waals surface area contributed by atoms with Gasteiger partial charge in [-0.25, -0.2) is 8.78 Å². The van der Waals surface area contributed by atoms with Crippen LogP contribution in [0.15, 0.2) is 18.2 Å². The van der Waals surface area contributed by atoms with E-state index in [2.05, 4.69) is 12.2 Å². The molecule has 1 nitrogen and oxygen atoms in total. The van der Waals surface area contributed by atoms with Crippen LogP contribution in [0.1, 0.15) is 38.3 Å². The van der Waals surface area contributed by atoms with Crippen LogP contribution >= 0.6 is 0 Å². The highest BCUT2D eigenvalue weighted by molar-refractivity contribution is 5.21. The van der Waals surface area contributed by atoms with Gasteiger partial charge in [0.05, 0.1) is 0 Å². The van der Waals surface area contributed by atoms with Crippen molar-refractivity contribution in [2.45, 2.75) is 38.8 Å². The summed E-state index contributed by atoms with van der Waals surface area (Å²) in [5.74, 6) is -0.768. The van der Waals surface area contributed by atoms with Gasteiger partial charge in [0.15, 0.2) is 11.6 Å². The normalized spacial score (nSPS) is 26.2. The zero-order chi connectivity index (χ0) is 11.7. The van der Waals surface area contributed by atoms with Crippen LogP contribution in [-0.2, 0) is 0 Å². The van der Waals surface area contributed by atoms with Crippen molar-refractivity contribution < 1.29 is 8.78 Å². The van der Waals surface area contributed by atoms with Crippen LogP contribution in [0.5, 0.6) is 0 Å². The minimum Gasteiger partial charge on any atom is -0.307 e. The van der Waals surface area contributed by atoms with E-state index in [1.54, 1.807) is 6.07 Å². The van der Waals surface area contributed by atoms with Crippen molar-refractivity contribution in [2.75, 3.05) is 0 Å². The lowest BCUT2D eigenvalue weighted by atomic mass is 9.81. The first-order valence-corrected chi connectivity index (χ1v) is 5.77. The first kappa shape index (κ1) is 11.5. The molecule has 0 amide bonds. The van der Waals surface area contributed by atoms with Crippen LogP contribution in [0.25, 0.3) is 0 Å². The Labute approximate surface area is 94.9 Å². The third-order valence-corrected chi connectivity index (χ3v) is 3.30. The summed E-state index contributed by atoms with van der Waals surface area (Å²) in [6.07, 6.45) is 2.35. The lowest BCUT2D eigenvalue weighted by Crippen LogP contribution is -2.41. The SMILES string of the molecule is CC1CC(NC(C)c2ccc(F)c(F)c2)C1. The maximum absolute atomic E-state index is 13.0. The molecule has 1 saturated carbocycles. The number of nitrogens with one attached hydrogen (secondary N) is 1. The molecule has 16 heavy (non-hydrogen) atoms. The molecular formula is C13H17F2N. The molecule has 0 aromatic heterocycles. The third kappa shape index (κ3) is 2.40. The minimum atomic E-state index is -0.784. The summed E-state index contributed by atoms with van der Waals surface area (Å²) in [5.41, 5.74) is 0.804. The molecule has 1 aliphatic carbocycles. The van der Waals surface area contributed by atoms with E-state index in [4.69, 9.17) is 0 Å². The standard InChI is InChI=1S/C13H17F2N/c1-8-5-11(6-8)16-9(2)10-3-4-12(14)13(15)7-10/h3-4,7-9,11,16H,5-6H2,1-2H3. The van der Waals surface area contributed by atoms with Crippen LogP contribution in [0.4, 0.5) is 8.78 Å². The van der Waals surface area contributed by atoms with Crippen molar-refractivity contribution in [1.82, 2.24) is 5.32 Å². The molecule has 1 fully saturated rings. The molecular weight excluding hydrogens is 208 g/mol. The van der Waals surface area contributed by atoms with Gasteiger partial charge in [0.25, 0.3) is 0 Å². The maximum atomic E-state index is 13.0. The lowest BCUT2D eigenvalue weighted by Gasteiger charge is -2.35. The number of hydrogen-bond acceptors (Lipinski definition) is 1. The molecule has 0 heterocycles. The number of hydrogen-bond donors (Lipinski definition) is 1. The van der Waals surface area contributed by atoms with Gasteiger partial charge in [-0.15, -0.1) is 0 Å². The van der Waals surface area contributed by atoms with Gasteiger partial charge in [-0.1, -0.05) is 13.0 Å². The molecule has 1 aromatic rings. The van der Waals surface area contributed by atoms with Gasteiger partial charge in [0.2, 0.25) is 0 Å². The maximum Gasteiger partial charge on any atom is 0.159 e. The summed E-state index contributed by atoms with van der Waals surface area (Å²) >= 11 is 0. The summed E-state index contributed by atoms with van der Waals surface area (Å²) in [6, 6.07) is 4.70. The zero-order valence-corrected chi connectivity index (χ0v) is 9.63. The first-order chi connectivity index (χ1) is 7.56. The minimum absolute atomic E-state index is 0.0765. The second-order valence-corrected chi connectivity index (χ2v) is 4.84. The second kappa shape index (κ2) is 4.50. The number of halogens is 2. The monoisotopic (exact) mass is 225 g/mol. The smallest absolute Gasteiger partial charge is 0.159 e. The zero-order valence-electron chi connectivity index (χ0n) is 9.63. The van der Waals surface area contributed by atoms with E-state index in [1.807, 2.05) is 6.92 Å². The van der Waals surface area contributed by atoms with Crippen LogP contribution in [0, 0.1) is 17.6 Å². The summed E-state index contributed by atoms with van der Waals surface area (Å²) in [7, 11) is 0. The molecule has 1 aliphatic rings. The number of rotatable bonds is 3. The van der Waals surface area contributed by atoms with E-state index in [0.29, 0.717) is 6.04 Å². The molecule has 2 rings (SSSR count). The second-order valence-electron chi connectivity index (χ2n) is 4.84. The quantitative estimate of drug-likeness (QED) is 0.831. The van der Waals surface area contributed by atoms with E-state index in [0.717, 1.165) is 11.5 Å². The molecule has 1 N–H and O–H groups in total. The third-order valence-electron chi connectivity index (χ3n) is 3.30. The molecule has 1 atom stereocenters. The molecule has 0 aliphatic heterocycles. The van der Waals surface area contributed by atoms with Crippen LogP contribution in [-0.4, -0.2) is 6.04 Å². The van der Waals surface area contributed by atoms with Crippen molar-refractivity contribution in [3.05, 3.63) is 35.4 Å². The van der Waals surface area contributed by atoms with Gasteiger partial charge >= 0.3 is 0 Å². The molecule has 0 spiro atoms. The average molecular weight is 225 g/mol. The highest BCUT2D eigenvalue weighted by atomic mass is 19.2. The highest BCUT2D eigenvalue weighted by Gasteiger charge is 2.26. The summed E-state index contributed by atoms with van der Waals surface area (Å²) in [4.78, 5) is 0. The Morgan fingerprint density at radius 1 is 1.25 bits per heavy atom. The van der Waals surface area contributed by atoms with Crippen molar-refractivity contribution in [3.8, 4) is 0 Å². The Kier molecular flexibility index (Phi) is 3.24. The summed E-state index contributed by atoms with van der Waals surface area (Å²) in [6.45, 7) is 4.20. The van der Waals surface area contributed by atoms with Crippen molar-refractivity contribution in [3.63, 3.8) is 0 Å². The summed E-state index contributed by atoms with van der Waals surface area (Å²) in [5, 5.41) is 3.42. The van der Waals surface area contributed by atoms with E-state index >= 15 is 0 Å². The van der Waals surface area contributed by atoms with E-state index < -0.39 is 11.6 Å². The van der Waals surface area contributed by atoms with Crippen molar-refractivity contribution >= 4 is 0 Å². The predicted molar refractivity (Wildman–Crippen MR) is 60.1 cm³/mol. The average Bonchev–Trinajstić information content (AvgIpc) is 2.19. The molecule has 1 aromatic carbocycles. The van der Waals surface area contributed by atoms with Gasteiger partial charge in [0, 0.05) is 12.1 Å². The molecule has 3 heteroatoms. The summed E-state index contributed by atoms with van der Waals surface area (Å²) < 4.78 is 25.8. The van der Waals surface area contributed by atoms with Gasteiger partial charge < -0.3 is 5.32 Å². The van der Waals surface area contributed by atoms with Gasteiger partial charge in [-0.05, 0) is 43.4 Å². The van der Waals surface area contributed by atoms with E-state index in [9.17, 15) is 8.78 Å². The first-order valence-electron chi connectivity index (χ1n) is 5.77. The van der Waals surface area contributed by atoms with E-state index in [-0.39, 0.29) is 6.04 Å². The fourth-order valence-corrected chi connectivity index (χ4v) is 2.27. The Morgan fingerprint density at radius 2 is 1.94 bits per heavy atom. The molecule has 0 radical (unpaired) electrons. The predicted octanol–water partition coefficient (Wildman–Crippen LogP) is 3.41. The van der Waals surface area contributed by atoms with Gasteiger partial charge in [0.1, 0.15) is 0 Å². The van der Waals surface area contributed by atoms with Crippen molar-refractivity contribution in [2.24, 2.45) is 5.92 Å². The fraction of sp³-hybridized carbons (Fsp3) is 0.538. The van der Waals surface area contributed by atoms with Crippen molar-refractivity contribution in [1.29, 1.82) is 0 Å². The van der Waals surface area contributed by atoms with Gasteiger partial charge in [-0.2, -0.15) is 0 Å². The fourth-order valence-electron chi connectivity index (χ4n) is 2.27. The Bertz CT molecular complexity index is 372. The van der Waals surface area contributed by atoms with Crippen LogP contribution in [0.3, 0.4) is 0 Å². The van der Waals surface area contributed by atoms with Crippen LogP contribution < -0.4 is 5.32 Å². The highest BCUT2D eigenvalue weighted by Crippen LogP contribution is 2.28. The van der Waals surface area contributed by atoms with Crippen LogP contribution in [0.2, 0.25) is 0 Å². The topological polar surface area (TPSA) is 12.0 Å². The molecule has 0 saturated heterocycles. The van der Waals surface area contributed by atoms with Gasteiger partial charge in [-0.3, -0.25) is 0 Å². The molecule has 0 bridgehead atoms. The Hall–Kier alpha value is -0.960. The molecule has 88 valence electrons. The Morgan fingerprint density at radius 3 is 2.50 bits per heavy atom. The lowest BCUT2D eigenvalue weighted by molar-refractivity contribution is 0.226. The largest absolute Gasteiger partial charge is 0.307 e.